The summed E-state index contributed by atoms with van der Waals surface area (Å²) in [5, 5.41) is 22.5. The van der Waals surface area contributed by atoms with Gasteiger partial charge in [0.15, 0.2) is 12.2 Å². The van der Waals surface area contributed by atoms with Crippen LogP contribution in [0, 0.1) is 0 Å². The van der Waals surface area contributed by atoms with Gasteiger partial charge in [0.05, 0.1) is 12.5 Å². The summed E-state index contributed by atoms with van der Waals surface area (Å²) in [4.78, 5) is 70.0. The molecule has 14 heteroatoms. The van der Waals surface area contributed by atoms with Crippen molar-refractivity contribution in [2.45, 2.75) is 77.3 Å². The molecule has 0 aromatic heterocycles. The zero-order valence-corrected chi connectivity index (χ0v) is 18.7. The van der Waals surface area contributed by atoms with Crippen LogP contribution >= 0.6 is 0 Å². The maximum absolute atomic E-state index is 11.8. The molecule has 1 heterocycles. The zero-order valence-electron chi connectivity index (χ0n) is 18.7. The van der Waals surface area contributed by atoms with Crippen molar-refractivity contribution in [1.82, 2.24) is 5.32 Å². The minimum Gasteiger partial charge on any atom is -0.477 e. The predicted octanol–water partition coefficient (Wildman–Crippen LogP) is -1.59. The van der Waals surface area contributed by atoms with Crippen LogP contribution in [-0.4, -0.2) is 88.8 Å². The Labute approximate surface area is 188 Å². The van der Waals surface area contributed by atoms with Crippen molar-refractivity contribution in [3.05, 3.63) is 0 Å². The van der Waals surface area contributed by atoms with E-state index in [2.05, 4.69) is 5.32 Å². The number of hydrogen-bond acceptors (Lipinski definition) is 12. The molecule has 0 aliphatic carbocycles. The molecule has 0 spiro atoms. The minimum absolute atomic E-state index is 0.650. The normalized spacial score (nSPS) is 26.2. The fourth-order valence-electron chi connectivity index (χ4n) is 3.26. The second-order valence-corrected chi connectivity index (χ2v) is 7.27. The van der Waals surface area contributed by atoms with Crippen molar-refractivity contribution in [1.29, 1.82) is 0 Å². The van der Waals surface area contributed by atoms with E-state index in [9.17, 15) is 39.0 Å². The molecule has 1 fully saturated rings. The third-order valence-corrected chi connectivity index (χ3v) is 4.35. The van der Waals surface area contributed by atoms with Gasteiger partial charge in [-0.15, -0.1) is 0 Å². The molecule has 6 atom stereocenters. The first kappa shape index (κ1) is 27.8. The van der Waals surface area contributed by atoms with E-state index in [0.717, 1.165) is 34.6 Å². The number of aliphatic hydroxyl groups is 1. The van der Waals surface area contributed by atoms with Crippen molar-refractivity contribution < 1.29 is 62.7 Å². The van der Waals surface area contributed by atoms with Gasteiger partial charge in [0.2, 0.25) is 5.91 Å². The van der Waals surface area contributed by atoms with Crippen molar-refractivity contribution in [2.75, 3.05) is 6.61 Å². The van der Waals surface area contributed by atoms with Crippen molar-refractivity contribution in [2.24, 2.45) is 0 Å². The molecule has 0 bridgehead atoms. The largest absolute Gasteiger partial charge is 0.477 e. The Morgan fingerprint density at radius 1 is 0.970 bits per heavy atom. The summed E-state index contributed by atoms with van der Waals surface area (Å²) < 4.78 is 25.6. The number of aliphatic carboxylic acids is 1. The Bertz CT molecular complexity index is 797. The highest BCUT2D eigenvalue weighted by Gasteiger charge is 2.57. The van der Waals surface area contributed by atoms with E-state index >= 15 is 0 Å². The summed E-state index contributed by atoms with van der Waals surface area (Å²) in [6, 6.07) is -1.37. The number of esters is 4. The summed E-state index contributed by atoms with van der Waals surface area (Å²) >= 11 is 0. The maximum Gasteiger partial charge on any atom is 0.364 e. The number of hydrogen-bond donors (Lipinski definition) is 3. The lowest BCUT2D eigenvalue weighted by molar-refractivity contribution is -0.298. The van der Waals surface area contributed by atoms with Crippen LogP contribution in [0.1, 0.15) is 41.0 Å². The number of carbonyl (C=O) groups excluding carboxylic acids is 5. The number of carboxylic acids is 1. The fourth-order valence-corrected chi connectivity index (χ4v) is 3.26. The van der Waals surface area contributed by atoms with Gasteiger partial charge in [-0.3, -0.25) is 24.0 Å². The zero-order chi connectivity index (χ0) is 25.5. The van der Waals surface area contributed by atoms with Crippen LogP contribution in [0.3, 0.4) is 0 Å². The van der Waals surface area contributed by atoms with Crippen molar-refractivity contribution in [3.63, 3.8) is 0 Å². The topological polar surface area (TPSA) is 201 Å². The molecule has 0 radical (unpaired) electrons. The maximum atomic E-state index is 11.8. The first-order chi connectivity index (χ1) is 15.2. The predicted molar refractivity (Wildman–Crippen MR) is 103 cm³/mol. The summed E-state index contributed by atoms with van der Waals surface area (Å²) in [5.41, 5.74) is 0. The van der Waals surface area contributed by atoms with E-state index in [1.165, 1.54) is 0 Å². The quantitative estimate of drug-likeness (QED) is 0.254. The standard InChI is InChI=1S/C19H27NO13/c1-8(21)20-15-13(30-10(3)23)6-19(28,18(26)27)33-17(15)16(32-12(5)25)14(31-11(4)24)7-29-9(2)22/h13-17,28H,6-7H2,1-5H3,(H,20,21)(H,26,27)/t13-,14?,15+,16?,17+,19?/m0/s1. The van der Waals surface area contributed by atoms with Gasteiger partial charge < -0.3 is 39.2 Å². The van der Waals surface area contributed by atoms with Gasteiger partial charge in [-0.1, -0.05) is 0 Å². The van der Waals surface area contributed by atoms with E-state index in [4.69, 9.17) is 23.7 Å². The Kier molecular flexibility index (Phi) is 9.73. The molecule has 186 valence electrons. The molecule has 1 amide bonds. The molecule has 0 aromatic carbocycles. The Balaban J connectivity index is 3.60. The van der Waals surface area contributed by atoms with E-state index in [0.29, 0.717) is 0 Å². The van der Waals surface area contributed by atoms with Crippen molar-refractivity contribution in [3.8, 4) is 0 Å². The molecule has 0 aromatic rings. The van der Waals surface area contributed by atoms with Crippen LogP contribution in [0.2, 0.25) is 0 Å². The number of rotatable bonds is 9. The highest BCUT2D eigenvalue weighted by molar-refractivity contribution is 5.76. The molecule has 3 unspecified atom stereocenters. The smallest absolute Gasteiger partial charge is 0.364 e. The number of ether oxygens (including phenoxy) is 5. The molecule has 1 rings (SSSR count). The van der Waals surface area contributed by atoms with Crippen LogP contribution in [0.15, 0.2) is 0 Å². The average molecular weight is 477 g/mol. The van der Waals surface area contributed by atoms with E-state index in [1.807, 2.05) is 0 Å². The first-order valence-corrected chi connectivity index (χ1v) is 9.72. The molecule has 0 saturated carbocycles. The SMILES string of the molecule is CC(=O)N[C@@H]1[C@@H](OC(C)=O)CC(O)(C(=O)O)O[C@H]1C(OC(C)=O)C(COC(C)=O)OC(C)=O. The van der Waals surface area contributed by atoms with E-state index in [1.54, 1.807) is 0 Å². The number of carbonyl (C=O) groups is 6. The van der Waals surface area contributed by atoms with Gasteiger partial charge in [-0.2, -0.15) is 0 Å². The third kappa shape index (κ3) is 8.31. The molecule has 33 heavy (non-hydrogen) atoms. The number of amides is 1. The molecule has 1 saturated heterocycles. The molecule has 1 aliphatic heterocycles. The lowest BCUT2D eigenvalue weighted by Gasteiger charge is -2.46. The molecule has 14 nitrogen and oxygen atoms in total. The van der Waals surface area contributed by atoms with Crippen molar-refractivity contribution >= 4 is 35.8 Å². The lowest BCUT2D eigenvalue weighted by Crippen LogP contribution is -2.68. The summed E-state index contributed by atoms with van der Waals surface area (Å²) in [7, 11) is 0. The summed E-state index contributed by atoms with van der Waals surface area (Å²) in [6.45, 7) is 4.51. The second-order valence-electron chi connectivity index (χ2n) is 7.27. The monoisotopic (exact) mass is 477 g/mol. The van der Waals surface area contributed by atoms with E-state index in [-0.39, 0.29) is 0 Å². The fraction of sp³-hybridized carbons (Fsp3) is 0.684. The van der Waals surface area contributed by atoms with E-state index < -0.39 is 85.0 Å². The van der Waals surface area contributed by atoms with Crippen LogP contribution < -0.4 is 5.32 Å². The van der Waals surface area contributed by atoms with Crippen LogP contribution in [0.25, 0.3) is 0 Å². The summed E-state index contributed by atoms with van der Waals surface area (Å²) in [6.07, 6.45) is -7.26. The molecular formula is C19H27NO13. The average Bonchev–Trinajstić information content (AvgIpc) is 2.64. The Morgan fingerprint density at radius 3 is 1.97 bits per heavy atom. The lowest BCUT2D eigenvalue weighted by atomic mass is 9.88. The number of carboxylic acid groups (broad SMARTS) is 1. The summed E-state index contributed by atoms with van der Waals surface area (Å²) in [5.74, 6) is -8.96. The highest BCUT2D eigenvalue weighted by atomic mass is 16.7. The molecular weight excluding hydrogens is 450 g/mol. The highest BCUT2D eigenvalue weighted by Crippen LogP contribution is 2.34. The molecule has 1 aliphatic rings. The van der Waals surface area contributed by atoms with Gasteiger partial charge in [-0.05, 0) is 0 Å². The van der Waals surface area contributed by atoms with Gasteiger partial charge in [0.25, 0.3) is 5.79 Å². The molecule has 3 N–H and O–H groups in total. The van der Waals surface area contributed by atoms with Crippen LogP contribution in [-0.2, 0) is 52.5 Å². The Hall–Kier alpha value is -3.26. The van der Waals surface area contributed by atoms with Gasteiger partial charge in [0, 0.05) is 34.6 Å². The van der Waals surface area contributed by atoms with Crippen LogP contribution in [0.5, 0.6) is 0 Å². The minimum atomic E-state index is -2.94. The Morgan fingerprint density at radius 2 is 1.55 bits per heavy atom. The van der Waals surface area contributed by atoms with Gasteiger partial charge in [-0.25, -0.2) is 4.79 Å². The second kappa shape index (κ2) is 11.6. The van der Waals surface area contributed by atoms with Gasteiger partial charge in [0.1, 0.15) is 18.8 Å². The third-order valence-electron chi connectivity index (χ3n) is 4.35. The number of nitrogens with one attached hydrogen (secondary N) is 1. The van der Waals surface area contributed by atoms with Gasteiger partial charge >= 0.3 is 29.8 Å². The van der Waals surface area contributed by atoms with Crippen LogP contribution in [0.4, 0.5) is 0 Å². The first-order valence-electron chi connectivity index (χ1n) is 9.72.